The van der Waals surface area contributed by atoms with Crippen LogP contribution in [0.5, 0.6) is 6.01 Å². The first-order valence-electron chi connectivity index (χ1n) is 8.43. The molecule has 1 atom stereocenters. The molecular formula is C16H25N3O4S. The van der Waals surface area contributed by atoms with E-state index in [4.69, 9.17) is 9.47 Å². The number of hydrogen-bond acceptors (Lipinski definition) is 7. The highest BCUT2D eigenvalue weighted by Crippen LogP contribution is 2.35. The van der Waals surface area contributed by atoms with Crippen molar-refractivity contribution in [1.82, 2.24) is 14.9 Å². The van der Waals surface area contributed by atoms with Gasteiger partial charge in [0.25, 0.3) is 0 Å². The Morgan fingerprint density at radius 2 is 2.25 bits per heavy atom. The Labute approximate surface area is 143 Å². The SMILES string of the molecule is CCS(=O)(=O)CCN1CC2(CC(Oc3nccc(C)n3)CCO2)C1. The Morgan fingerprint density at radius 3 is 2.96 bits per heavy atom. The summed E-state index contributed by atoms with van der Waals surface area (Å²) in [5, 5.41) is 0. The smallest absolute Gasteiger partial charge is 0.316 e. The molecule has 0 amide bonds. The second-order valence-corrected chi connectivity index (χ2v) is 9.16. The van der Waals surface area contributed by atoms with Crippen LogP contribution in [-0.2, 0) is 14.6 Å². The summed E-state index contributed by atoms with van der Waals surface area (Å²) in [6.07, 6.45) is 3.36. The molecule has 0 aromatic carbocycles. The third-order valence-corrected chi connectivity index (χ3v) is 6.36. The normalized spacial score (nSPS) is 23.8. The van der Waals surface area contributed by atoms with Crippen LogP contribution in [-0.4, -0.2) is 72.7 Å². The number of likely N-dealkylation sites (tertiary alicyclic amines) is 1. The standard InChI is InChI=1S/C16H25N3O4S/c1-3-24(20,21)9-7-19-11-16(12-19)10-14(5-8-22-16)23-15-17-6-4-13(2)18-15/h4,6,14H,3,5,7-12H2,1-2H3. The van der Waals surface area contributed by atoms with E-state index in [-0.39, 0.29) is 23.2 Å². The fraction of sp³-hybridized carbons (Fsp3) is 0.750. The third-order valence-electron chi connectivity index (χ3n) is 4.67. The number of ether oxygens (including phenoxy) is 2. The lowest BCUT2D eigenvalue weighted by Crippen LogP contribution is -2.66. The molecule has 0 N–H and O–H groups in total. The first-order valence-corrected chi connectivity index (χ1v) is 10.2. The lowest BCUT2D eigenvalue weighted by atomic mass is 9.85. The molecule has 24 heavy (non-hydrogen) atoms. The van der Waals surface area contributed by atoms with Crippen molar-refractivity contribution in [1.29, 1.82) is 0 Å². The van der Waals surface area contributed by atoms with Crippen LogP contribution in [0.3, 0.4) is 0 Å². The van der Waals surface area contributed by atoms with Crippen LogP contribution in [0.15, 0.2) is 12.3 Å². The van der Waals surface area contributed by atoms with Gasteiger partial charge in [-0.25, -0.2) is 18.4 Å². The number of aromatic nitrogens is 2. The number of aryl methyl sites for hydroxylation is 1. The molecule has 7 nitrogen and oxygen atoms in total. The molecule has 1 aromatic heterocycles. The summed E-state index contributed by atoms with van der Waals surface area (Å²) in [6, 6.07) is 2.26. The zero-order valence-electron chi connectivity index (χ0n) is 14.3. The van der Waals surface area contributed by atoms with E-state index < -0.39 is 9.84 Å². The monoisotopic (exact) mass is 355 g/mol. The minimum atomic E-state index is -2.91. The summed E-state index contributed by atoms with van der Waals surface area (Å²) in [5.74, 6) is 0.422. The van der Waals surface area contributed by atoms with Crippen molar-refractivity contribution in [3.05, 3.63) is 18.0 Å². The summed E-state index contributed by atoms with van der Waals surface area (Å²) in [6.45, 7) is 6.35. The zero-order valence-corrected chi connectivity index (χ0v) is 15.1. The van der Waals surface area contributed by atoms with Gasteiger partial charge in [-0.05, 0) is 13.0 Å². The van der Waals surface area contributed by atoms with Gasteiger partial charge in [0.1, 0.15) is 6.10 Å². The molecular weight excluding hydrogens is 330 g/mol. The second kappa shape index (κ2) is 6.93. The van der Waals surface area contributed by atoms with Gasteiger partial charge in [-0.3, -0.25) is 4.90 Å². The van der Waals surface area contributed by atoms with E-state index >= 15 is 0 Å². The highest BCUT2D eigenvalue weighted by atomic mass is 32.2. The second-order valence-electron chi connectivity index (χ2n) is 6.69. The third kappa shape index (κ3) is 4.23. The van der Waals surface area contributed by atoms with Gasteiger partial charge in [-0.2, -0.15) is 0 Å². The van der Waals surface area contributed by atoms with E-state index in [2.05, 4.69) is 14.9 Å². The molecule has 1 aromatic rings. The van der Waals surface area contributed by atoms with Gasteiger partial charge < -0.3 is 9.47 Å². The Morgan fingerprint density at radius 1 is 1.46 bits per heavy atom. The highest BCUT2D eigenvalue weighted by Gasteiger charge is 2.48. The van der Waals surface area contributed by atoms with Crippen molar-refractivity contribution in [3.8, 4) is 6.01 Å². The van der Waals surface area contributed by atoms with Crippen molar-refractivity contribution in [2.45, 2.75) is 38.4 Å². The molecule has 2 aliphatic rings. The quantitative estimate of drug-likeness (QED) is 0.747. The number of sulfone groups is 1. The molecule has 0 saturated carbocycles. The van der Waals surface area contributed by atoms with E-state index in [0.29, 0.717) is 19.2 Å². The van der Waals surface area contributed by atoms with Crippen LogP contribution < -0.4 is 4.74 Å². The molecule has 134 valence electrons. The molecule has 3 rings (SSSR count). The van der Waals surface area contributed by atoms with Crippen molar-refractivity contribution in [2.24, 2.45) is 0 Å². The van der Waals surface area contributed by atoms with Crippen LogP contribution >= 0.6 is 0 Å². The van der Waals surface area contributed by atoms with Gasteiger partial charge in [0.2, 0.25) is 0 Å². The van der Waals surface area contributed by atoms with Crippen LogP contribution in [0, 0.1) is 6.92 Å². The van der Waals surface area contributed by atoms with Gasteiger partial charge in [-0.15, -0.1) is 0 Å². The fourth-order valence-electron chi connectivity index (χ4n) is 3.27. The fourth-order valence-corrected chi connectivity index (χ4v) is 4.10. The molecule has 2 fully saturated rings. The van der Waals surface area contributed by atoms with Crippen LogP contribution in [0.1, 0.15) is 25.5 Å². The maximum absolute atomic E-state index is 11.6. The Bertz CT molecular complexity index is 674. The van der Waals surface area contributed by atoms with E-state index in [0.717, 1.165) is 31.6 Å². The Balaban J connectivity index is 1.50. The summed E-state index contributed by atoms with van der Waals surface area (Å²) in [4.78, 5) is 10.6. The van der Waals surface area contributed by atoms with Gasteiger partial charge >= 0.3 is 6.01 Å². The summed E-state index contributed by atoms with van der Waals surface area (Å²) < 4.78 is 35.1. The summed E-state index contributed by atoms with van der Waals surface area (Å²) in [7, 11) is -2.91. The molecule has 0 aliphatic carbocycles. The maximum Gasteiger partial charge on any atom is 0.316 e. The van der Waals surface area contributed by atoms with Crippen molar-refractivity contribution in [2.75, 3.05) is 37.7 Å². The van der Waals surface area contributed by atoms with Gasteiger partial charge in [0.15, 0.2) is 9.84 Å². The Hall–Kier alpha value is -1.25. The van der Waals surface area contributed by atoms with Gasteiger partial charge in [-0.1, -0.05) is 6.92 Å². The van der Waals surface area contributed by atoms with Crippen molar-refractivity contribution < 1.29 is 17.9 Å². The molecule has 0 bridgehead atoms. The van der Waals surface area contributed by atoms with Gasteiger partial charge in [0, 0.05) is 50.1 Å². The largest absolute Gasteiger partial charge is 0.460 e. The molecule has 1 unspecified atom stereocenters. The van der Waals surface area contributed by atoms with E-state index in [1.54, 1.807) is 13.1 Å². The minimum absolute atomic E-state index is 0.0436. The number of nitrogens with zero attached hydrogens (tertiary/aromatic N) is 3. The van der Waals surface area contributed by atoms with Crippen LogP contribution in [0.4, 0.5) is 0 Å². The van der Waals surface area contributed by atoms with E-state index in [9.17, 15) is 8.42 Å². The van der Waals surface area contributed by atoms with Crippen molar-refractivity contribution in [3.63, 3.8) is 0 Å². The van der Waals surface area contributed by atoms with Crippen molar-refractivity contribution >= 4 is 9.84 Å². The summed E-state index contributed by atoms with van der Waals surface area (Å²) >= 11 is 0. The zero-order chi connectivity index (χ0) is 17.2. The molecule has 2 aliphatic heterocycles. The molecule has 0 radical (unpaired) electrons. The molecule has 2 saturated heterocycles. The molecule has 1 spiro atoms. The molecule has 8 heteroatoms. The van der Waals surface area contributed by atoms with E-state index in [1.807, 2.05) is 13.0 Å². The number of hydrogen-bond donors (Lipinski definition) is 0. The molecule has 3 heterocycles. The predicted octanol–water partition coefficient (Wildman–Crippen LogP) is 0.832. The first-order chi connectivity index (χ1) is 11.4. The van der Waals surface area contributed by atoms with Crippen LogP contribution in [0.25, 0.3) is 0 Å². The van der Waals surface area contributed by atoms with E-state index in [1.165, 1.54) is 0 Å². The maximum atomic E-state index is 11.6. The average Bonchev–Trinajstić information content (AvgIpc) is 2.51. The predicted molar refractivity (Wildman–Crippen MR) is 89.9 cm³/mol. The lowest BCUT2D eigenvalue weighted by Gasteiger charge is -2.53. The minimum Gasteiger partial charge on any atom is -0.460 e. The summed E-state index contributed by atoms with van der Waals surface area (Å²) in [5.41, 5.74) is 0.677. The van der Waals surface area contributed by atoms with Crippen LogP contribution in [0.2, 0.25) is 0 Å². The highest BCUT2D eigenvalue weighted by molar-refractivity contribution is 7.91. The Kier molecular flexibility index (Phi) is 5.08. The number of rotatable bonds is 6. The average molecular weight is 355 g/mol. The first kappa shape index (κ1) is 17.6. The van der Waals surface area contributed by atoms with Gasteiger partial charge in [0.05, 0.1) is 18.0 Å². The lowest BCUT2D eigenvalue weighted by molar-refractivity contribution is -0.185. The topological polar surface area (TPSA) is 81.6 Å².